The van der Waals surface area contributed by atoms with Crippen molar-refractivity contribution in [1.82, 2.24) is 5.43 Å². The highest BCUT2D eigenvalue weighted by atomic mass is 16.2. The molecule has 0 heterocycles. The Bertz CT molecular complexity index is 286. The SMILES string of the molecule is CC(C)=CC=CCCC(C)=NNC(N)=O. The molecule has 0 saturated heterocycles. The number of rotatable bonds is 5. The molecule has 0 spiro atoms. The van der Waals surface area contributed by atoms with E-state index in [0.717, 1.165) is 18.6 Å². The highest BCUT2D eigenvalue weighted by Gasteiger charge is 1.91. The zero-order valence-electron chi connectivity index (χ0n) is 9.58. The molecule has 3 N–H and O–H groups in total. The molecule has 2 amide bonds. The molecule has 0 saturated carbocycles. The number of hydrogen-bond donors (Lipinski definition) is 2. The summed E-state index contributed by atoms with van der Waals surface area (Å²) in [5.74, 6) is 0. The quantitative estimate of drug-likeness (QED) is 0.407. The molecule has 4 nitrogen and oxygen atoms in total. The van der Waals surface area contributed by atoms with Crippen molar-refractivity contribution in [3.63, 3.8) is 0 Å². The Morgan fingerprint density at radius 2 is 2.07 bits per heavy atom. The van der Waals surface area contributed by atoms with Gasteiger partial charge in [0, 0.05) is 5.71 Å². The Labute approximate surface area is 90.9 Å². The van der Waals surface area contributed by atoms with E-state index in [9.17, 15) is 4.79 Å². The third kappa shape index (κ3) is 10.3. The summed E-state index contributed by atoms with van der Waals surface area (Å²) < 4.78 is 0. The lowest BCUT2D eigenvalue weighted by molar-refractivity contribution is 0.249. The number of carbonyl (C=O) groups excluding carboxylic acids is 1. The summed E-state index contributed by atoms with van der Waals surface area (Å²) in [5, 5.41) is 3.80. The second-order valence-corrected chi connectivity index (χ2v) is 3.53. The fourth-order valence-electron chi connectivity index (χ4n) is 0.855. The summed E-state index contributed by atoms with van der Waals surface area (Å²) in [6.45, 7) is 5.95. The lowest BCUT2D eigenvalue weighted by Gasteiger charge is -1.97. The first kappa shape index (κ1) is 13.4. The van der Waals surface area contributed by atoms with E-state index in [4.69, 9.17) is 5.73 Å². The maximum atomic E-state index is 10.3. The van der Waals surface area contributed by atoms with E-state index >= 15 is 0 Å². The second kappa shape index (κ2) is 7.79. The van der Waals surface area contributed by atoms with E-state index in [-0.39, 0.29) is 0 Å². The summed E-state index contributed by atoms with van der Waals surface area (Å²) in [6.07, 6.45) is 7.85. The molecule has 0 aromatic carbocycles. The molecule has 0 aromatic rings. The van der Waals surface area contributed by atoms with Gasteiger partial charge in [0.2, 0.25) is 0 Å². The molecule has 4 heteroatoms. The van der Waals surface area contributed by atoms with E-state index in [1.165, 1.54) is 5.57 Å². The Morgan fingerprint density at radius 3 is 2.60 bits per heavy atom. The normalized spacial score (nSPS) is 11.5. The van der Waals surface area contributed by atoms with Crippen LogP contribution in [0.25, 0.3) is 0 Å². The molecule has 0 unspecified atom stereocenters. The number of nitrogens with zero attached hydrogens (tertiary/aromatic N) is 1. The van der Waals surface area contributed by atoms with Gasteiger partial charge in [0.25, 0.3) is 0 Å². The highest BCUT2D eigenvalue weighted by Crippen LogP contribution is 1.96. The first-order valence-corrected chi connectivity index (χ1v) is 4.91. The van der Waals surface area contributed by atoms with Gasteiger partial charge in [-0.1, -0.05) is 23.8 Å². The van der Waals surface area contributed by atoms with Crippen LogP contribution in [-0.4, -0.2) is 11.7 Å². The summed E-state index contributed by atoms with van der Waals surface area (Å²) >= 11 is 0. The Balaban J connectivity index is 3.76. The van der Waals surface area contributed by atoms with Crippen LogP contribution in [-0.2, 0) is 0 Å². The molecule has 0 aliphatic heterocycles. The van der Waals surface area contributed by atoms with Crippen LogP contribution in [0.2, 0.25) is 0 Å². The van der Waals surface area contributed by atoms with Crippen LogP contribution < -0.4 is 11.2 Å². The monoisotopic (exact) mass is 209 g/mol. The number of primary amides is 1. The van der Waals surface area contributed by atoms with E-state index in [1.54, 1.807) is 0 Å². The average molecular weight is 209 g/mol. The lowest BCUT2D eigenvalue weighted by Crippen LogP contribution is -2.25. The van der Waals surface area contributed by atoms with Crippen molar-refractivity contribution in [2.45, 2.75) is 33.6 Å². The van der Waals surface area contributed by atoms with Crippen LogP contribution in [0.4, 0.5) is 4.79 Å². The number of hydrogen-bond acceptors (Lipinski definition) is 2. The van der Waals surface area contributed by atoms with Gasteiger partial charge in [0.05, 0.1) is 0 Å². The molecule has 0 aliphatic carbocycles. The van der Waals surface area contributed by atoms with Crippen LogP contribution in [0.1, 0.15) is 33.6 Å². The molecule has 0 aliphatic rings. The standard InChI is InChI=1S/C11H19N3O/c1-9(2)7-5-4-6-8-10(3)13-14-11(12)15/h4-5,7H,6,8H2,1-3H3,(H3,12,14,15). The number of allylic oxidation sites excluding steroid dienone is 4. The lowest BCUT2D eigenvalue weighted by atomic mass is 10.2. The van der Waals surface area contributed by atoms with Gasteiger partial charge in [-0.2, -0.15) is 5.10 Å². The van der Waals surface area contributed by atoms with E-state index < -0.39 is 6.03 Å². The molecule has 0 atom stereocenters. The van der Waals surface area contributed by atoms with Gasteiger partial charge in [-0.05, 0) is 33.6 Å². The van der Waals surface area contributed by atoms with Gasteiger partial charge in [0.15, 0.2) is 0 Å². The highest BCUT2D eigenvalue weighted by molar-refractivity contribution is 5.83. The number of nitrogens with one attached hydrogen (secondary N) is 1. The Hall–Kier alpha value is -1.58. The number of carbonyl (C=O) groups is 1. The maximum Gasteiger partial charge on any atom is 0.332 e. The second-order valence-electron chi connectivity index (χ2n) is 3.53. The topological polar surface area (TPSA) is 67.5 Å². The Kier molecular flexibility index (Phi) is 6.97. The van der Waals surface area contributed by atoms with E-state index in [1.807, 2.05) is 32.9 Å². The predicted octanol–water partition coefficient (Wildman–Crippen LogP) is 2.33. The molecule has 84 valence electrons. The van der Waals surface area contributed by atoms with Gasteiger partial charge >= 0.3 is 6.03 Å². The van der Waals surface area contributed by atoms with Gasteiger partial charge in [-0.15, -0.1) is 0 Å². The molecule has 0 aromatic heterocycles. The van der Waals surface area contributed by atoms with Gasteiger partial charge < -0.3 is 5.73 Å². The largest absolute Gasteiger partial charge is 0.350 e. The van der Waals surface area contributed by atoms with Crippen molar-refractivity contribution in [2.75, 3.05) is 0 Å². The number of nitrogens with two attached hydrogens (primary N) is 1. The van der Waals surface area contributed by atoms with E-state index in [0.29, 0.717) is 0 Å². The first-order chi connectivity index (χ1) is 7.02. The van der Waals surface area contributed by atoms with Crippen LogP contribution in [0.3, 0.4) is 0 Å². The molecule has 0 fully saturated rings. The summed E-state index contributed by atoms with van der Waals surface area (Å²) in [4.78, 5) is 10.3. The summed E-state index contributed by atoms with van der Waals surface area (Å²) in [5.41, 5.74) is 9.19. The third-order valence-electron chi connectivity index (χ3n) is 1.60. The molecular weight excluding hydrogens is 190 g/mol. The zero-order valence-corrected chi connectivity index (χ0v) is 9.58. The Morgan fingerprint density at radius 1 is 1.40 bits per heavy atom. The van der Waals surface area contributed by atoms with Crippen molar-refractivity contribution in [2.24, 2.45) is 10.8 Å². The minimum atomic E-state index is -0.630. The van der Waals surface area contributed by atoms with Crippen molar-refractivity contribution in [3.05, 3.63) is 23.8 Å². The molecule has 0 radical (unpaired) electrons. The molecular formula is C11H19N3O. The fraction of sp³-hybridized carbons (Fsp3) is 0.455. The average Bonchev–Trinajstić information content (AvgIpc) is 2.13. The van der Waals surface area contributed by atoms with Gasteiger partial charge in [-0.3, -0.25) is 0 Å². The fourth-order valence-corrected chi connectivity index (χ4v) is 0.855. The van der Waals surface area contributed by atoms with Crippen molar-refractivity contribution < 1.29 is 4.79 Å². The van der Waals surface area contributed by atoms with Crippen LogP contribution in [0.5, 0.6) is 0 Å². The van der Waals surface area contributed by atoms with Crippen molar-refractivity contribution in [3.8, 4) is 0 Å². The summed E-state index contributed by atoms with van der Waals surface area (Å²) in [7, 11) is 0. The zero-order chi connectivity index (χ0) is 11.7. The van der Waals surface area contributed by atoms with Gasteiger partial charge in [-0.25, -0.2) is 10.2 Å². The number of urea groups is 1. The van der Waals surface area contributed by atoms with Crippen LogP contribution in [0.15, 0.2) is 28.9 Å². The van der Waals surface area contributed by atoms with Crippen molar-refractivity contribution in [1.29, 1.82) is 0 Å². The van der Waals surface area contributed by atoms with Crippen LogP contribution in [0, 0.1) is 0 Å². The molecule has 0 bridgehead atoms. The third-order valence-corrected chi connectivity index (χ3v) is 1.60. The van der Waals surface area contributed by atoms with Crippen molar-refractivity contribution >= 4 is 11.7 Å². The number of hydrazone groups is 1. The molecule has 0 rings (SSSR count). The minimum absolute atomic E-state index is 0.630. The minimum Gasteiger partial charge on any atom is -0.350 e. The van der Waals surface area contributed by atoms with E-state index in [2.05, 4.69) is 16.6 Å². The predicted molar refractivity (Wildman–Crippen MR) is 63.6 cm³/mol. The number of amides is 2. The summed E-state index contributed by atoms with van der Waals surface area (Å²) in [6, 6.07) is -0.630. The smallest absolute Gasteiger partial charge is 0.332 e. The van der Waals surface area contributed by atoms with Crippen LogP contribution >= 0.6 is 0 Å². The maximum absolute atomic E-state index is 10.3. The first-order valence-electron chi connectivity index (χ1n) is 4.91. The van der Waals surface area contributed by atoms with Gasteiger partial charge in [0.1, 0.15) is 0 Å². The molecule has 15 heavy (non-hydrogen) atoms.